The Morgan fingerprint density at radius 1 is 1.50 bits per heavy atom. The molecular formula is C13H15ClN2O2. The zero-order chi connectivity index (χ0) is 13.3. The number of esters is 1. The normalized spacial score (nSPS) is 11.8. The number of nitrogens with zero attached hydrogens (tertiary/aromatic N) is 1. The van der Waals surface area contributed by atoms with Crippen LogP contribution in [0.1, 0.15) is 26.3 Å². The quantitative estimate of drug-likeness (QED) is 0.850. The van der Waals surface area contributed by atoms with Gasteiger partial charge in [-0.3, -0.25) is 4.79 Å². The van der Waals surface area contributed by atoms with Crippen molar-refractivity contribution in [1.29, 1.82) is 0 Å². The molecule has 0 aliphatic heterocycles. The van der Waals surface area contributed by atoms with Crippen molar-refractivity contribution in [3.8, 4) is 0 Å². The van der Waals surface area contributed by atoms with Gasteiger partial charge in [0, 0.05) is 17.8 Å². The molecule has 0 aliphatic carbocycles. The fraction of sp³-hybridized carbons (Fsp3) is 0.385. The van der Waals surface area contributed by atoms with E-state index in [-0.39, 0.29) is 12.4 Å². The fourth-order valence-electron chi connectivity index (χ4n) is 1.66. The Bertz CT molecular complexity index is 584. The second kappa shape index (κ2) is 4.61. The molecule has 0 amide bonds. The standard InChI is InChI=1S/C13H15ClN2O2/c1-13(2,3)18-11(17)5-8-4-9-10(14)7-16-12(9)15-6-8/h4,6-7H,5H2,1-3H3,(H,15,16). The van der Waals surface area contributed by atoms with Gasteiger partial charge in [0.1, 0.15) is 11.2 Å². The minimum absolute atomic E-state index is 0.196. The smallest absolute Gasteiger partial charge is 0.310 e. The van der Waals surface area contributed by atoms with Crippen LogP contribution >= 0.6 is 11.6 Å². The summed E-state index contributed by atoms with van der Waals surface area (Å²) in [6.07, 6.45) is 3.53. The molecule has 2 aromatic heterocycles. The van der Waals surface area contributed by atoms with Crippen LogP contribution in [0.2, 0.25) is 5.02 Å². The molecule has 2 heterocycles. The highest BCUT2D eigenvalue weighted by molar-refractivity contribution is 6.35. The zero-order valence-corrected chi connectivity index (χ0v) is 11.3. The summed E-state index contributed by atoms with van der Waals surface area (Å²) < 4.78 is 5.26. The van der Waals surface area contributed by atoms with E-state index in [1.807, 2.05) is 26.8 Å². The van der Waals surface area contributed by atoms with Gasteiger partial charge in [-0.05, 0) is 32.4 Å². The van der Waals surface area contributed by atoms with Gasteiger partial charge in [0.05, 0.1) is 11.4 Å². The summed E-state index contributed by atoms with van der Waals surface area (Å²) in [6.45, 7) is 5.53. The third-order valence-corrected chi connectivity index (χ3v) is 2.62. The molecule has 0 bridgehead atoms. The number of rotatable bonds is 2. The van der Waals surface area contributed by atoms with E-state index in [1.54, 1.807) is 12.4 Å². The topological polar surface area (TPSA) is 55.0 Å². The van der Waals surface area contributed by atoms with Crippen molar-refractivity contribution in [2.75, 3.05) is 0 Å². The van der Waals surface area contributed by atoms with Crippen molar-refractivity contribution in [1.82, 2.24) is 9.97 Å². The molecule has 96 valence electrons. The molecule has 4 nitrogen and oxygen atoms in total. The van der Waals surface area contributed by atoms with Gasteiger partial charge in [-0.25, -0.2) is 4.98 Å². The third kappa shape index (κ3) is 3.01. The summed E-state index contributed by atoms with van der Waals surface area (Å²) in [5, 5.41) is 1.42. The van der Waals surface area contributed by atoms with Crippen molar-refractivity contribution in [2.45, 2.75) is 32.8 Å². The lowest BCUT2D eigenvalue weighted by Gasteiger charge is -2.19. The average Bonchev–Trinajstić information content (AvgIpc) is 2.57. The summed E-state index contributed by atoms with van der Waals surface area (Å²) in [5.41, 5.74) is 1.03. The number of carbonyl (C=O) groups is 1. The predicted octanol–water partition coefficient (Wildman–Crippen LogP) is 3.10. The van der Waals surface area contributed by atoms with Gasteiger partial charge < -0.3 is 9.72 Å². The van der Waals surface area contributed by atoms with Crippen LogP contribution in [0.25, 0.3) is 11.0 Å². The SMILES string of the molecule is CC(C)(C)OC(=O)Cc1cnc2[nH]cc(Cl)c2c1. The van der Waals surface area contributed by atoms with Gasteiger partial charge >= 0.3 is 5.97 Å². The molecule has 0 fully saturated rings. The van der Waals surface area contributed by atoms with Gasteiger partial charge in [0.2, 0.25) is 0 Å². The van der Waals surface area contributed by atoms with Gasteiger partial charge in [-0.2, -0.15) is 0 Å². The van der Waals surface area contributed by atoms with Crippen molar-refractivity contribution >= 4 is 28.6 Å². The van der Waals surface area contributed by atoms with Gasteiger partial charge in [-0.1, -0.05) is 11.6 Å². The van der Waals surface area contributed by atoms with E-state index in [0.29, 0.717) is 10.7 Å². The maximum absolute atomic E-state index is 11.7. The molecular weight excluding hydrogens is 252 g/mol. The molecule has 2 aromatic rings. The Kier molecular flexibility index (Phi) is 3.30. The van der Waals surface area contributed by atoms with Crippen molar-refractivity contribution in [3.05, 3.63) is 29.0 Å². The second-order valence-electron chi connectivity index (χ2n) is 5.14. The number of hydrogen-bond acceptors (Lipinski definition) is 3. The van der Waals surface area contributed by atoms with Gasteiger partial charge in [-0.15, -0.1) is 0 Å². The molecule has 0 unspecified atom stereocenters. The molecule has 0 saturated heterocycles. The first-order chi connectivity index (χ1) is 8.35. The Morgan fingerprint density at radius 2 is 2.22 bits per heavy atom. The highest BCUT2D eigenvalue weighted by Gasteiger charge is 2.17. The molecule has 0 spiro atoms. The minimum atomic E-state index is -0.472. The Morgan fingerprint density at radius 3 is 2.89 bits per heavy atom. The third-order valence-electron chi connectivity index (χ3n) is 2.31. The second-order valence-corrected chi connectivity index (χ2v) is 5.55. The maximum Gasteiger partial charge on any atom is 0.310 e. The minimum Gasteiger partial charge on any atom is -0.460 e. The zero-order valence-electron chi connectivity index (χ0n) is 10.6. The number of ether oxygens (including phenoxy) is 1. The molecule has 18 heavy (non-hydrogen) atoms. The molecule has 0 aliphatic rings. The van der Waals surface area contributed by atoms with Gasteiger partial charge in [0.25, 0.3) is 0 Å². The van der Waals surface area contributed by atoms with Crippen LogP contribution in [0.4, 0.5) is 0 Å². The maximum atomic E-state index is 11.7. The van der Waals surface area contributed by atoms with E-state index in [4.69, 9.17) is 16.3 Å². The van der Waals surface area contributed by atoms with E-state index in [9.17, 15) is 4.79 Å². The lowest BCUT2D eigenvalue weighted by molar-refractivity contribution is -0.153. The first-order valence-electron chi connectivity index (χ1n) is 5.68. The van der Waals surface area contributed by atoms with Crippen molar-refractivity contribution in [3.63, 3.8) is 0 Å². The van der Waals surface area contributed by atoms with Crippen molar-refractivity contribution < 1.29 is 9.53 Å². The van der Waals surface area contributed by atoms with Crippen LogP contribution < -0.4 is 0 Å². The number of aromatic nitrogens is 2. The first kappa shape index (κ1) is 12.9. The predicted molar refractivity (Wildman–Crippen MR) is 70.7 cm³/mol. The van der Waals surface area contributed by atoms with E-state index in [2.05, 4.69) is 9.97 Å². The number of nitrogens with one attached hydrogen (secondary N) is 1. The highest BCUT2D eigenvalue weighted by atomic mass is 35.5. The molecule has 0 radical (unpaired) electrons. The molecule has 1 N–H and O–H groups in total. The summed E-state index contributed by atoms with van der Waals surface area (Å²) in [5.74, 6) is -0.268. The summed E-state index contributed by atoms with van der Waals surface area (Å²) in [7, 11) is 0. The van der Waals surface area contributed by atoms with Crippen molar-refractivity contribution in [2.24, 2.45) is 0 Å². The lowest BCUT2D eigenvalue weighted by Crippen LogP contribution is -2.24. The number of hydrogen-bond donors (Lipinski definition) is 1. The lowest BCUT2D eigenvalue weighted by atomic mass is 10.1. The Hall–Kier alpha value is -1.55. The Labute approximate surface area is 110 Å². The van der Waals surface area contributed by atoms with Crippen LogP contribution in [0.3, 0.4) is 0 Å². The molecule has 5 heteroatoms. The van der Waals surface area contributed by atoms with Crippen LogP contribution in [-0.2, 0) is 16.0 Å². The van der Waals surface area contributed by atoms with E-state index < -0.39 is 5.60 Å². The van der Waals surface area contributed by atoms with E-state index in [1.165, 1.54) is 0 Å². The number of carbonyl (C=O) groups excluding carboxylic acids is 1. The van der Waals surface area contributed by atoms with Crippen LogP contribution in [0, 0.1) is 0 Å². The molecule has 0 atom stereocenters. The number of halogens is 1. The first-order valence-corrected chi connectivity index (χ1v) is 6.06. The monoisotopic (exact) mass is 266 g/mol. The fourth-order valence-corrected chi connectivity index (χ4v) is 1.85. The number of pyridine rings is 1. The molecule has 2 rings (SSSR count). The number of aromatic amines is 1. The summed E-state index contributed by atoms with van der Waals surface area (Å²) in [6, 6.07) is 1.85. The molecule has 0 saturated carbocycles. The highest BCUT2D eigenvalue weighted by Crippen LogP contribution is 2.22. The van der Waals surface area contributed by atoms with Crippen LogP contribution in [-0.4, -0.2) is 21.5 Å². The largest absolute Gasteiger partial charge is 0.460 e. The van der Waals surface area contributed by atoms with Gasteiger partial charge in [0.15, 0.2) is 0 Å². The van der Waals surface area contributed by atoms with E-state index in [0.717, 1.165) is 10.9 Å². The van der Waals surface area contributed by atoms with E-state index >= 15 is 0 Å². The number of H-pyrrole nitrogens is 1. The molecule has 0 aromatic carbocycles. The number of fused-ring (bicyclic) bond motifs is 1. The Balaban J connectivity index is 2.17. The summed E-state index contributed by atoms with van der Waals surface area (Å²) in [4.78, 5) is 18.8. The van der Waals surface area contributed by atoms with Crippen LogP contribution in [0.5, 0.6) is 0 Å². The summed E-state index contributed by atoms with van der Waals surface area (Å²) >= 11 is 6.00. The average molecular weight is 267 g/mol. The van der Waals surface area contributed by atoms with Crippen LogP contribution in [0.15, 0.2) is 18.5 Å².